The molecule has 0 aliphatic heterocycles. The highest BCUT2D eigenvalue weighted by Crippen LogP contribution is 2.28. The smallest absolute Gasteiger partial charge is 0.160 e. The molecule has 1 aliphatic carbocycles. The molecule has 0 amide bonds. The molecule has 2 rings (SSSR count). The van der Waals surface area contributed by atoms with Gasteiger partial charge < -0.3 is 19.3 Å². The van der Waals surface area contributed by atoms with Gasteiger partial charge in [0.25, 0.3) is 0 Å². The van der Waals surface area contributed by atoms with Crippen molar-refractivity contribution in [3.63, 3.8) is 0 Å². The van der Waals surface area contributed by atoms with Crippen LogP contribution in [0.1, 0.15) is 18.4 Å². The van der Waals surface area contributed by atoms with Gasteiger partial charge in [-0.3, -0.25) is 0 Å². The van der Waals surface area contributed by atoms with Gasteiger partial charge in [-0.15, -0.1) is 0 Å². The summed E-state index contributed by atoms with van der Waals surface area (Å²) in [7, 11) is 3.23. The first-order valence-electron chi connectivity index (χ1n) is 7.02. The number of ether oxygens (including phenoxy) is 3. The molecule has 4 nitrogen and oxygen atoms in total. The van der Waals surface area contributed by atoms with Gasteiger partial charge in [-0.25, -0.2) is 0 Å². The summed E-state index contributed by atoms with van der Waals surface area (Å²) in [6, 6.07) is 5.80. The van der Waals surface area contributed by atoms with E-state index in [0.29, 0.717) is 23.1 Å². The fraction of sp³-hybridized carbons (Fsp3) is 0.500. The molecular weight excluding hydrogens is 292 g/mol. The third kappa shape index (κ3) is 4.13. The van der Waals surface area contributed by atoms with Crippen LogP contribution in [0.15, 0.2) is 29.3 Å². The summed E-state index contributed by atoms with van der Waals surface area (Å²) < 4.78 is 16.2. The second-order valence-corrected chi connectivity index (χ2v) is 5.40. The lowest BCUT2D eigenvalue weighted by atomic mass is 10.0. The summed E-state index contributed by atoms with van der Waals surface area (Å²) in [4.78, 5) is 0. The van der Waals surface area contributed by atoms with Crippen molar-refractivity contribution < 1.29 is 19.3 Å². The number of methoxy groups -OCH3 is 2. The first kappa shape index (κ1) is 16.1. The highest BCUT2D eigenvalue weighted by Gasteiger charge is 2.25. The number of rotatable bonds is 6. The second-order valence-electron chi connectivity index (χ2n) is 4.96. The normalized spacial score (nSPS) is 21.8. The molecule has 0 saturated heterocycles. The van der Waals surface area contributed by atoms with E-state index < -0.39 is 6.10 Å². The maximum absolute atomic E-state index is 9.92. The molecule has 1 N–H and O–H groups in total. The maximum atomic E-state index is 9.92. The van der Waals surface area contributed by atoms with Gasteiger partial charge in [0.1, 0.15) is 6.10 Å². The molecule has 2 atom stereocenters. The van der Waals surface area contributed by atoms with Crippen molar-refractivity contribution in [1.29, 1.82) is 0 Å². The minimum absolute atomic E-state index is 0.220. The van der Waals surface area contributed by atoms with E-state index >= 15 is 0 Å². The van der Waals surface area contributed by atoms with E-state index in [0.717, 1.165) is 24.8 Å². The van der Waals surface area contributed by atoms with Gasteiger partial charge in [-0.1, -0.05) is 23.7 Å². The first-order chi connectivity index (χ1) is 10.2. The van der Waals surface area contributed by atoms with Crippen molar-refractivity contribution in [2.45, 2.75) is 31.5 Å². The highest BCUT2D eigenvalue weighted by molar-refractivity contribution is 6.30. The fourth-order valence-electron chi connectivity index (χ4n) is 2.38. The van der Waals surface area contributed by atoms with Crippen molar-refractivity contribution in [2.24, 2.45) is 0 Å². The van der Waals surface area contributed by atoms with E-state index in [2.05, 4.69) is 0 Å². The summed E-state index contributed by atoms with van der Waals surface area (Å²) >= 11 is 5.93. The molecule has 0 fully saturated rings. The van der Waals surface area contributed by atoms with E-state index in [1.54, 1.807) is 14.2 Å². The molecule has 0 unspecified atom stereocenters. The van der Waals surface area contributed by atoms with Gasteiger partial charge in [-0.2, -0.15) is 0 Å². The minimum atomic E-state index is -0.703. The van der Waals surface area contributed by atoms with Crippen molar-refractivity contribution in [2.75, 3.05) is 20.8 Å². The molecule has 0 spiro atoms. The molecule has 0 aromatic heterocycles. The van der Waals surface area contributed by atoms with Crippen molar-refractivity contribution in [1.82, 2.24) is 0 Å². The number of hydrogen-bond acceptors (Lipinski definition) is 4. The average Bonchev–Trinajstić information content (AvgIpc) is 2.51. The van der Waals surface area contributed by atoms with E-state index in [-0.39, 0.29) is 6.10 Å². The number of aliphatic hydroxyl groups is 1. The molecule has 0 saturated carbocycles. The molecule has 116 valence electrons. The molecule has 0 radical (unpaired) electrons. The summed E-state index contributed by atoms with van der Waals surface area (Å²) in [6.07, 6.45) is 3.31. The Labute approximate surface area is 130 Å². The van der Waals surface area contributed by atoms with Gasteiger partial charge in [-0.05, 0) is 37.0 Å². The number of aliphatic hydroxyl groups excluding tert-OH is 1. The zero-order valence-corrected chi connectivity index (χ0v) is 13.1. The fourth-order valence-corrected chi connectivity index (χ4v) is 2.63. The number of halogens is 1. The van der Waals surface area contributed by atoms with Gasteiger partial charge >= 0.3 is 0 Å². The van der Waals surface area contributed by atoms with Crippen LogP contribution in [0.2, 0.25) is 0 Å². The van der Waals surface area contributed by atoms with E-state index in [1.165, 1.54) is 0 Å². The Kier molecular flexibility index (Phi) is 5.91. The van der Waals surface area contributed by atoms with Crippen LogP contribution in [0.4, 0.5) is 0 Å². The lowest BCUT2D eigenvalue weighted by Crippen LogP contribution is -2.32. The summed E-state index contributed by atoms with van der Waals surface area (Å²) in [5, 5.41) is 10.4. The summed E-state index contributed by atoms with van der Waals surface area (Å²) in [5.41, 5.74) is 1.10. The van der Waals surface area contributed by atoms with Crippen LogP contribution < -0.4 is 9.47 Å². The van der Waals surface area contributed by atoms with Gasteiger partial charge in [0.2, 0.25) is 0 Å². The van der Waals surface area contributed by atoms with Crippen LogP contribution in [0.3, 0.4) is 0 Å². The van der Waals surface area contributed by atoms with Crippen LogP contribution in [0, 0.1) is 0 Å². The molecule has 0 bridgehead atoms. The van der Waals surface area contributed by atoms with Gasteiger partial charge in [0, 0.05) is 5.03 Å². The van der Waals surface area contributed by atoms with Crippen LogP contribution >= 0.6 is 11.6 Å². The highest BCUT2D eigenvalue weighted by atomic mass is 35.5. The average molecular weight is 313 g/mol. The maximum Gasteiger partial charge on any atom is 0.160 e. The van der Waals surface area contributed by atoms with Crippen LogP contribution in [-0.4, -0.2) is 38.1 Å². The SMILES string of the molecule is COc1ccc(CCO[C@H]2CCC=C(Cl)[C@H]2O)cc1OC. The largest absolute Gasteiger partial charge is 0.493 e. The molecule has 0 heterocycles. The van der Waals surface area contributed by atoms with E-state index in [9.17, 15) is 5.11 Å². The molecule has 21 heavy (non-hydrogen) atoms. The Hall–Kier alpha value is -1.23. The van der Waals surface area contributed by atoms with Crippen molar-refractivity contribution in [3.05, 3.63) is 34.9 Å². The Balaban J connectivity index is 1.87. The third-order valence-corrected chi connectivity index (χ3v) is 3.97. The van der Waals surface area contributed by atoms with E-state index in [1.807, 2.05) is 24.3 Å². The predicted octanol–water partition coefficient (Wildman–Crippen LogP) is 2.91. The summed E-state index contributed by atoms with van der Waals surface area (Å²) in [5.74, 6) is 1.42. The number of allylic oxidation sites excluding steroid dienone is 1. The lowest BCUT2D eigenvalue weighted by molar-refractivity contribution is -0.0256. The van der Waals surface area contributed by atoms with Gasteiger partial charge in [0.15, 0.2) is 11.5 Å². The van der Waals surface area contributed by atoms with Crippen molar-refractivity contribution >= 4 is 11.6 Å². The molecule has 1 aromatic carbocycles. The predicted molar refractivity (Wildman–Crippen MR) is 82.2 cm³/mol. The van der Waals surface area contributed by atoms with Crippen LogP contribution in [-0.2, 0) is 11.2 Å². The Morgan fingerprint density at radius 2 is 2.00 bits per heavy atom. The monoisotopic (exact) mass is 312 g/mol. The quantitative estimate of drug-likeness (QED) is 0.877. The molecular formula is C16H21ClO4. The third-order valence-electron chi connectivity index (χ3n) is 3.60. The number of benzene rings is 1. The lowest BCUT2D eigenvalue weighted by Gasteiger charge is -2.26. The zero-order valence-electron chi connectivity index (χ0n) is 12.3. The summed E-state index contributed by atoms with van der Waals surface area (Å²) in [6.45, 7) is 0.529. The number of hydrogen-bond donors (Lipinski definition) is 1. The van der Waals surface area contributed by atoms with Crippen LogP contribution in [0.25, 0.3) is 0 Å². The first-order valence-corrected chi connectivity index (χ1v) is 7.39. The van der Waals surface area contributed by atoms with Crippen molar-refractivity contribution in [3.8, 4) is 11.5 Å². The second kappa shape index (κ2) is 7.69. The van der Waals surface area contributed by atoms with E-state index in [4.69, 9.17) is 25.8 Å². The Morgan fingerprint density at radius 1 is 1.24 bits per heavy atom. The molecule has 1 aliphatic rings. The zero-order chi connectivity index (χ0) is 15.2. The molecule has 1 aromatic rings. The Morgan fingerprint density at radius 3 is 2.71 bits per heavy atom. The minimum Gasteiger partial charge on any atom is -0.493 e. The topological polar surface area (TPSA) is 47.9 Å². The molecule has 5 heteroatoms. The van der Waals surface area contributed by atoms with Crippen LogP contribution in [0.5, 0.6) is 11.5 Å². The Bertz CT molecular complexity index is 501. The van der Waals surface area contributed by atoms with Gasteiger partial charge in [0.05, 0.1) is 26.9 Å². The standard InChI is InChI=1S/C16H21ClO4/c1-19-13-7-6-11(10-15(13)20-2)8-9-21-14-5-3-4-12(17)16(14)18/h4,6-7,10,14,16,18H,3,5,8-9H2,1-2H3/t14-,16+/m0/s1.